The second-order valence-corrected chi connectivity index (χ2v) is 10.3. The zero-order chi connectivity index (χ0) is 25.6. The first kappa shape index (κ1) is 26.5. The highest BCUT2D eigenvalue weighted by atomic mass is 35.5. The lowest BCUT2D eigenvalue weighted by atomic mass is 10.1. The SMILES string of the molecule is CNC(=O)C(C)N(Cc1ccccc1)C(=O)CN(c1cccc(Cl)c1Cl)S(=O)(=O)c1ccccc1. The molecule has 1 unspecified atom stereocenters. The Morgan fingerprint density at radius 2 is 1.51 bits per heavy atom. The van der Waals surface area contributed by atoms with Crippen molar-refractivity contribution in [1.29, 1.82) is 0 Å². The highest BCUT2D eigenvalue weighted by Crippen LogP contribution is 2.35. The quantitative estimate of drug-likeness (QED) is 0.442. The zero-order valence-electron chi connectivity index (χ0n) is 19.2. The Morgan fingerprint density at radius 3 is 2.11 bits per heavy atom. The molecular formula is C25H25Cl2N3O4S. The number of likely N-dealkylation sites (N-methyl/N-ethyl adjacent to an activating group) is 1. The molecule has 35 heavy (non-hydrogen) atoms. The van der Waals surface area contributed by atoms with E-state index >= 15 is 0 Å². The standard InChI is InChI=1S/C25H25Cl2N3O4S/c1-18(25(32)28-2)29(16-19-10-5-3-6-11-19)23(31)17-30(22-15-9-14-21(26)24(22)27)35(33,34)20-12-7-4-8-13-20/h3-15,18H,16-17H2,1-2H3,(H,28,32). The van der Waals surface area contributed by atoms with Gasteiger partial charge in [-0.2, -0.15) is 0 Å². The number of benzene rings is 3. The van der Waals surface area contributed by atoms with Crippen LogP contribution >= 0.6 is 23.2 Å². The predicted molar refractivity (Wildman–Crippen MR) is 138 cm³/mol. The molecular weight excluding hydrogens is 509 g/mol. The lowest BCUT2D eigenvalue weighted by molar-refractivity contribution is -0.139. The van der Waals surface area contributed by atoms with Crippen LogP contribution in [0, 0.1) is 0 Å². The van der Waals surface area contributed by atoms with Crippen molar-refractivity contribution in [2.24, 2.45) is 0 Å². The van der Waals surface area contributed by atoms with Crippen LogP contribution in [0.4, 0.5) is 5.69 Å². The Labute approximate surface area is 215 Å². The van der Waals surface area contributed by atoms with E-state index in [-0.39, 0.29) is 33.1 Å². The molecule has 0 saturated heterocycles. The molecule has 7 nitrogen and oxygen atoms in total. The van der Waals surface area contributed by atoms with Gasteiger partial charge >= 0.3 is 0 Å². The molecule has 0 bridgehead atoms. The molecule has 0 aliphatic rings. The number of rotatable bonds is 9. The highest BCUT2D eigenvalue weighted by molar-refractivity contribution is 7.92. The fourth-order valence-electron chi connectivity index (χ4n) is 3.49. The third kappa shape index (κ3) is 6.14. The molecule has 2 amide bonds. The Kier molecular flexibility index (Phi) is 8.77. The van der Waals surface area contributed by atoms with Crippen molar-refractivity contribution in [3.05, 3.63) is 94.5 Å². The first-order chi connectivity index (χ1) is 16.7. The Hall–Kier alpha value is -3.07. The van der Waals surface area contributed by atoms with Crippen molar-refractivity contribution in [2.45, 2.75) is 24.4 Å². The Bertz CT molecular complexity index is 1290. The van der Waals surface area contributed by atoms with Crippen molar-refractivity contribution in [3.8, 4) is 0 Å². The second kappa shape index (κ2) is 11.6. The summed E-state index contributed by atoms with van der Waals surface area (Å²) in [5.41, 5.74) is 0.846. The second-order valence-electron chi connectivity index (χ2n) is 7.70. The molecule has 10 heteroatoms. The van der Waals surface area contributed by atoms with Gasteiger partial charge in [0.1, 0.15) is 12.6 Å². The molecule has 0 heterocycles. The molecule has 0 saturated carbocycles. The summed E-state index contributed by atoms with van der Waals surface area (Å²) in [5.74, 6) is -0.965. The lowest BCUT2D eigenvalue weighted by Crippen LogP contribution is -2.50. The van der Waals surface area contributed by atoms with E-state index in [1.807, 2.05) is 30.3 Å². The molecule has 0 spiro atoms. The van der Waals surface area contributed by atoms with Crippen LogP contribution in [-0.4, -0.2) is 44.8 Å². The van der Waals surface area contributed by atoms with Crippen molar-refractivity contribution in [1.82, 2.24) is 10.2 Å². The van der Waals surface area contributed by atoms with Crippen molar-refractivity contribution in [2.75, 3.05) is 17.9 Å². The summed E-state index contributed by atoms with van der Waals surface area (Å²) in [6.45, 7) is 1.10. The number of hydrogen-bond donors (Lipinski definition) is 1. The van der Waals surface area contributed by atoms with Gasteiger partial charge in [-0.25, -0.2) is 8.42 Å². The van der Waals surface area contributed by atoms with Gasteiger partial charge in [0.25, 0.3) is 10.0 Å². The topological polar surface area (TPSA) is 86.8 Å². The van der Waals surface area contributed by atoms with Crippen LogP contribution in [0.3, 0.4) is 0 Å². The molecule has 0 aliphatic heterocycles. The maximum atomic E-state index is 13.6. The van der Waals surface area contributed by atoms with E-state index in [2.05, 4.69) is 5.32 Å². The van der Waals surface area contributed by atoms with Gasteiger partial charge < -0.3 is 10.2 Å². The summed E-state index contributed by atoms with van der Waals surface area (Å²) >= 11 is 12.6. The first-order valence-electron chi connectivity index (χ1n) is 10.7. The number of sulfonamides is 1. The van der Waals surface area contributed by atoms with E-state index in [0.29, 0.717) is 0 Å². The zero-order valence-corrected chi connectivity index (χ0v) is 21.5. The normalized spacial score (nSPS) is 12.0. The number of halogens is 2. The van der Waals surface area contributed by atoms with Crippen LogP contribution in [0.25, 0.3) is 0 Å². The fraction of sp³-hybridized carbons (Fsp3) is 0.200. The summed E-state index contributed by atoms with van der Waals surface area (Å²) < 4.78 is 28.2. The molecule has 0 radical (unpaired) electrons. The van der Waals surface area contributed by atoms with Crippen molar-refractivity contribution in [3.63, 3.8) is 0 Å². The van der Waals surface area contributed by atoms with E-state index < -0.39 is 28.5 Å². The molecule has 3 rings (SSSR count). The van der Waals surface area contributed by atoms with E-state index in [4.69, 9.17) is 23.2 Å². The largest absolute Gasteiger partial charge is 0.357 e. The molecule has 3 aromatic carbocycles. The van der Waals surface area contributed by atoms with E-state index in [1.54, 1.807) is 31.2 Å². The number of amides is 2. The van der Waals surface area contributed by atoms with Crippen LogP contribution in [0.5, 0.6) is 0 Å². The number of hydrogen-bond acceptors (Lipinski definition) is 4. The van der Waals surface area contributed by atoms with E-state index in [1.165, 1.54) is 36.2 Å². The average molecular weight is 534 g/mol. The summed E-state index contributed by atoms with van der Waals surface area (Å²) in [6.07, 6.45) is 0. The molecule has 0 aliphatic carbocycles. The van der Waals surface area contributed by atoms with Gasteiger partial charge in [-0.3, -0.25) is 13.9 Å². The smallest absolute Gasteiger partial charge is 0.264 e. The third-order valence-corrected chi connectivity index (χ3v) is 8.00. The Morgan fingerprint density at radius 1 is 0.914 bits per heavy atom. The number of anilines is 1. The van der Waals surface area contributed by atoms with Crippen LogP contribution in [-0.2, 0) is 26.2 Å². The average Bonchev–Trinajstić information content (AvgIpc) is 2.87. The number of carbonyl (C=O) groups excluding carboxylic acids is 2. The fourth-order valence-corrected chi connectivity index (χ4v) is 5.38. The van der Waals surface area contributed by atoms with Crippen LogP contribution in [0.2, 0.25) is 10.0 Å². The lowest BCUT2D eigenvalue weighted by Gasteiger charge is -2.32. The monoisotopic (exact) mass is 533 g/mol. The third-order valence-electron chi connectivity index (χ3n) is 5.42. The first-order valence-corrected chi connectivity index (χ1v) is 12.9. The van der Waals surface area contributed by atoms with Gasteiger partial charge in [-0.15, -0.1) is 0 Å². The number of nitrogens with one attached hydrogen (secondary N) is 1. The van der Waals surface area contributed by atoms with Crippen LogP contribution < -0.4 is 9.62 Å². The van der Waals surface area contributed by atoms with Gasteiger partial charge in [-0.1, -0.05) is 77.8 Å². The summed E-state index contributed by atoms with van der Waals surface area (Å²) in [5, 5.41) is 2.68. The molecule has 1 atom stereocenters. The number of nitrogens with zero attached hydrogens (tertiary/aromatic N) is 2. The van der Waals surface area contributed by atoms with Crippen molar-refractivity contribution < 1.29 is 18.0 Å². The summed E-state index contributed by atoms with van der Waals surface area (Å²) in [7, 11) is -2.73. The van der Waals surface area contributed by atoms with Gasteiger partial charge in [0, 0.05) is 13.6 Å². The van der Waals surface area contributed by atoms with Gasteiger partial charge in [0.2, 0.25) is 11.8 Å². The van der Waals surface area contributed by atoms with Crippen LogP contribution in [0.15, 0.2) is 83.8 Å². The van der Waals surface area contributed by atoms with Crippen LogP contribution in [0.1, 0.15) is 12.5 Å². The maximum Gasteiger partial charge on any atom is 0.264 e. The minimum absolute atomic E-state index is 0.00423. The molecule has 3 aromatic rings. The molecule has 0 aromatic heterocycles. The van der Waals surface area contributed by atoms with Gasteiger partial charge in [0.15, 0.2) is 0 Å². The predicted octanol–water partition coefficient (Wildman–Crippen LogP) is 4.35. The number of carbonyl (C=O) groups is 2. The molecule has 0 fully saturated rings. The van der Waals surface area contributed by atoms with E-state index in [9.17, 15) is 18.0 Å². The minimum Gasteiger partial charge on any atom is -0.357 e. The van der Waals surface area contributed by atoms with Gasteiger partial charge in [0.05, 0.1) is 20.6 Å². The molecule has 184 valence electrons. The minimum atomic E-state index is -4.20. The molecule has 1 N–H and O–H groups in total. The Balaban J connectivity index is 2.06. The summed E-state index contributed by atoms with van der Waals surface area (Å²) in [4.78, 5) is 27.4. The van der Waals surface area contributed by atoms with Crippen molar-refractivity contribution >= 4 is 50.7 Å². The maximum absolute atomic E-state index is 13.6. The highest BCUT2D eigenvalue weighted by Gasteiger charge is 2.33. The van der Waals surface area contributed by atoms with Gasteiger partial charge in [-0.05, 0) is 36.8 Å². The van der Waals surface area contributed by atoms with E-state index in [0.717, 1.165) is 9.87 Å². The summed E-state index contributed by atoms with van der Waals surface area (Å²) in [6, 6.07) is 20.5.